The average molecular weight is 408 g/mol. The fourth-order valence-corrected chi connectivity index (χ4v) is 5.39. The number of rotatable bonds is 8. The van der Waals surface area contributed by atoms with E-state index < -0.39 is 0 Å². The first-order chi connectivity index (χ1) is 11.7. The van der Waals surface area contributed by atoms with Crippen LogP contribution in [0.1, 0.15) is 71.6 Å². The van der Waals surface area contributed by atoms with Gasteiger partial charge in [-0.15, -0.1) is 24.8 Å². The van der Waals surface area contributed by atoms with E-state index in [2.05, 4.69) is 29.4 Å². The molecule has 2 bridgehead atoms. The third-order valence-corrected chi connectivity index (χ3v) is 6.76. The predicted molar refractivity (Wildman–Crippen MR) is 113 cm³/mol. The number of carbonyl (C=O) groups excluding carboxylic acids is 1. The van der Waals surface area contributed by atoms with Crippen molar-refractivity contribution in [1.29, 1.82) is 0 Å². The lowest BCUT2D eigenvalue weighted by Crippen LogP contribution is -2.47. The van der Waals surface area contributed by atoms with Crippen molar-refractivity contribution in [2.45, 2.75) is 89.8 Å². The SMILES string of the molecule is CCC(CC)C(CNC(=O)CC1CC2CCC(C1)N2)N1CCCC1.Cl.Cl. The lowest BCUT2D eigenvalue weighted by atomic mass is 9.89. The second-order valence-corrected chi connectivity index (χ2v) is 8.37. The van der Waals surface area contributed by atoms with Crippen molar-refractivity contribution < 1.29 is 4.79 Å². The number of halogens is 2. The number of hydrogen-bond acceptors (Lipinski definition) is 3. The van der Waals surface area contributed by atoms with E-state index in [-0.39, 0.29) is 30.7 Å². The summed E-state index contributed by atoms with van der Waals surface area (Å²) in [5, 5.41) is 6.98. The number of nitrogens with one attached hydrogen (secondary N) is 2. The van der Waals surface area contributed by atoms with Crippen LogP contribution < -0.4 is 10.6 Å². The molecule has 0 aromatic heterocycles. The first-order valence-electron chi connectivity index (χ1n) is 10.5. The summed E-state index contributed by atoms with van der Waals surface area (Å²) in [5.74, 6) is 1.59. The van der Waals surface area contributed by atoms with E-state index in [0.717, 1.165) is 13.0 Å². The monoisotopic (exact) mass is 407 g/mol. The lowest BCUT2D eigenvalue weighted by molar-refractivity contribution is -0.122. The summed E-state index contributed by atoms with van der Waals surface area (Å²) in [5.41, 5.74) is 0. The standard InChI is InChI=1S/C20H37N3O.2ClH/c1-3-16(4-2)19(23-9-5-6-10-23)14-21-20(24)13-15-11-17-7-8-18(12-15)22-17;;/h15-19,22H,3-14H2,1-2H3,(H,21,24);2*1H. The lowest BCUT2D eigenvalue weighted by Gasteiger charge is -2.34. The van der Waals surface area contributed by atoms with E-state index in [1.54, 1.807) is 0 Å². The molecule has 0 radical (unpaired) electrons. The maximum absolute atomic E-state index is 12.5. The van der Waals surface area contributed by atoms with Crippen molar-refractivity contribution in [2.75, 3.05) is 19.6 Å². The van der Waals surface area contributed by atoms with Gasteiger partial charge in [0.2, 0.25) is 5.91 Å². The van der Waals surface area contributed by atoms with Crippen molar-refractivity contribution >= 4 is 30.7 Å². The number of amides is 1. The largest absolute Gasteiger partial charge is 0.355 e. The van der Waals surface area contributed by atoms with Gasteiger partial charge in [-0.1, -0.05) is 26.7 Å². The second kappa shape index (κ2) is 11.7. The molecular weight excluding hydrogens is 369 g/mol. The molecule has 0 aromatic rings. The van der Waals surface area contributed by atoms with Gasteiger partial charge in [0, 0.05) is 31.1 Å². The minimum absolute atomic E-state index is 0. The molecule has 2 N–H and O–H groups in total. The van der Waals surface area contributed by atoms with Crippen molar-refractivity contribution in [3.05, 3.63) is 0 Å². The van der Waals surface area contributed by atoms with E-state index in [1.165, 1.54) is 64.5 Å². The van der Waals surface area contributed by atoms with Crippen molar-refractivity contribution in [1.82, 2.24) is 15.5 Å². The molecule has 26 heavy (non-hydrogen) atoms. The Morgan fingerprint density at radius 3 is 2.19 bits per heavy atom. The Bertz CT molecular complexity index is 400. The zero-order chi connectivity index (χ0) is 16.9. The highest BCUT2D eigenvalue weighted by molar-refractivity contribution is 5.85. The number of piperidine rings is 1. The maximum Gasteiger partial charge on any atom is 0.220 e. The molecule has 4 nitrogen and oxygen atoms in total. The smallest absolute Gasteiger partial charge is 0.220 e. The van der Waals surface area contributed by atoms with Crippen LogP contribution in [-0.4, -0.2) is 48.6 Å². The van der Waals surface area contributed by atoms with E-state index >= 15 is 0 Å². The topological polar surface area (TPSA) is 44.4 Å². The molecule has 3 saturated heterocycles. The highest BCUT2D eigenvalue weighted by Gasteiger charge is 2.34. The molecule has 0 aromatic carbocycles. The summed E-state index contributed by atoms with van der Waals surface area (Å²) in [7, 11) is 0. The van der Waals surface area contributed by atoms with E-state index in [4.69, 9.17) is 0 Å². The Morgan fingerprint density at radius 1 is 1.08 bits per heavy atom. The number of likely N-dealkylation sites (tertiary alicyclic amines) is 1. The van der Waals surface area contributed by atoms with Gasteiger partial charge in [-0.05, 0) is 63.5 Å². The van der Waals surface area contributed by atoms with Crippen LogP contribution in [0, 0.1) is 11.8 Å². The van der Waals surface area contributed by atoms with Crippen LogP contribution >= 0.6 is 24.8 Å². The van der Waals surface area contributed by atoms with Gasteiger partial charge in [0.25, 0.3) is 0 Å². The minimum Gasteiger partial charge on any atom is -0.355 e. The summed E-state index contributed by atoms with van der Waals surface area (Å²) in [6, 6.07) is 1.91. The zero-order valence-electron chi connectivity index (χ0n) is 16.5. The summed E-state index contributed by atoms with van der Waals surface area (Å²) in [6.07, 6.45) is 10.8. The van der Waals surface area contributed by atoms with Crippen molar-refractivity contribution in [3.8, 4) is 0 Å². The van der Waals surface area contributed by atoms with Crippen molar-refractivity contribution in [2.24, 2.45) is 11.8 Å². The number of hydrogen-bond donors (Lipinski definition) is 2. The van der Waals surface area contributed by atoms with Crippen LogP contribution in [0.2, 0.25) is 0 Å². The summed E-state index contributed by atoms with van der Waals surface area (Å²) in [4.78, 5) is 15.1. The van der Waals surface area contributed by atoms with Gasteiger partial charge in [-0.2, -0.15) is 0 Å². The first-order valence-corrected chi connectivity index (χ1v) is 10.5. The van der Waals surface area contributed by atoms with Crippen LogP contribution in [-0.2, 0) is 4.79 Å². The Balaban J connectivity index is 0.00000169. The fraction of sp³-hybridized carbons (Fsp3) is 0.950. The maximum atomic E-state index is 12.5. The van der Waals surface area contributed by atoms with Gasteiger partial charge < -0.3 is 10.6 Å². The normalized spacial score (nSPS) is 29.1. The minimum atomic E-state index is 0. The molecule has 0 saturated carbocycles. The molecule has 3 rings (SSSR count). The van der Waals surface area contributed by atoms with E-state index in [9.17, 15) is 4.79 Å². The molecular formula is C20H39Cl2N3O. The van der Waals surface area contributed by atoms with Gasteiger partial charge >= 0.3 is 0 Å². The highest BCUT2D eigenvalue weighted by atomic mass is 35.5. The molecule has 0 aliphatic carbocycles. The number of carbonyl (C=O) groups is 1. The summed E-state index contributed by atoms with van der Waals surface area (Å²) in [6.45, 7) is 7.88. The van der Waals surface area contributed by atoms with Crippen LogP contribution in [0.5, 0.6) is 0 Å². The van der Waals surface area contributed by atoms with Gasteiger partial charge in [-0.3, -0.25) is 9.69 Å². The Labute approximate surface area is 172 Å². The van der Waals surface area contributed by atoms with Crippen LogP contribution in [0.3, 0.4) is 0 Å². The zero-order valence-corrected chi connectivity index (χ0v) is 18.2. The third-order valence-electron chi connectivity index (χ3n) is 6.76. The quantitative estimate of drug-likeness (QED) is 0.643. The molecule has 3 atom stereocenters. The molecule has 3 unspecified atom stereocenters. The third kappa shape index (κ3) is 6.25. The molecule has 154 valence electrons. The van der Waals surface area contributed by atoms with Gasteiger partial charge in [-0.25, -0.2) is 0 Å². The summed E-state index contributed by atoms with van der Waals surface area (Å²) < 4.78 is 0. The fourth-order valence-electron chi connectivity index (χ4n) is 5.39. The molecule has 3 fully saturated rings. The van der Waals surface area contributed by atoms with Gasteiger partial charge in [0.05, 0.1) is 0 Å². The summed E-state index contributed by atoms with van der Waals surface area (Å²) >= 11 is 0. The van der Waals surface area contributed by atoms with E-state index in [0.29, 0.717) is 30.0 Å². The van der Waals surface area contributed by atoms with Crippen LogP contribution in [0.15, 0.2) is 0 Å². The molecule has 6 heteroatoms. The Kier molecular flexibility index (Phi) is 10.8. The van der Waals surface area contributed by atoms with Gasteiger partial charge in [0.15, 0.2) is 0 Å². The number of fused-ring (bicyclic) bond motifs is 2. The van der Waals surface area contributed by atoms with Crippen molar-refractivity contribution in [3.63, 3.8) is 0 Å². The Hall–Kier alpha value is -0.0300. The van der Waals surface area contributed by atoms with Crippen LogP contribution in [0.25, 0.3) is 0 Å². The predicted octanol–water partition coefficient (Wildman–Crippen LogP) is 3.77. The molecule has 3 aliphatic heterocycles. The Morgan fingerprint density at radius 2 is 1.65 bits per heavy atom. The average Bonchev–Trinajstić information content (AvgIpc) is 3.21. The second-order valence-electron chi connectivity index (χ2n) is 8.37. The van der Waals surface area contributed by atoms with Gasteiger partial charge in [0.1, 0.15) is 0 Å². The molecule has 0 spiro atoms. The molecule has 3 heterocycles. The molecule has 3 aliphatic rings. The molecule has 1 amide bonds. The van der Waals surface area contributed by atoms with E-state index in [1.807, 2.05) is 0 Å². The first kappa shape index (κ1) is 24.0. The van der Waals surface area contributed by atoms with Crippen LogP contribution in [0.4, 0.5) is 0 Å². The highest BCUT2D eigenvalue weighted by Crippen LogP contribution is 2.32. The number of nitrogens with zero attached hydrogens (tertiary/aromatic N) is 1.